The molecule has 7 heterocycles. The molecule has 0 aliphatic carbocycles. The lowest BCUT2D eigenvalue weighted by Crippen LogP contribution is -2.37. The van der Waals surface area contributed by atoms with E-state index in [-0.39, 0.29) is 17.5 Å². The Morgan fingerprint density at radius 2 is 1.38 bits per heavy atom. The molecule has 0 saturated carbocycles. The lowest BCUT2D eigenvalue weighted by Gasteiger charge is -2.31. The standard InChI is InChI=1S/C21H22N8O3S2.C14H19BrN6O/c1-12(30)27-7-4-13(5-8-27)6-9-28-19-17(18(22)23-11-24-19)26-20(28)34-21-25-15-10-14(29(31)32)2-3-16(15)33-21;1-9(22)20-5-2-10(3-6-20)4-7-21-13-11(19-14(21)15)12(16)17-8-18-13/h2-3,10-11,13H,4-9H2,1H3,(H2,22,23,24);8,10H,2-7H2,1H3,(H2,16,17,18). The molecule has 2 aliphatic rings. The van der Waals surface area contributed by atoms with Crippen LogP contribution in [0.15, 0.2) is 45.1 Å². The van der Waals surface area contributed by atoms with Gasteiger partial charge >= 0.3 is 0 Å². The number of amides is 2. The molecule has 5 aromatic heterocycles. The lowest BCUT2D eigenvalue weighted by atomic mass is 9.93. The number of likely N-dealkylation sites (tertiary alicyclic amines) is 2. The van der Waals surface area contributed by atoms with Gasteiger partial charge in [-0.3, -0.25) is 19.7 Å². The van der Waals surface area contributed by atoms with Crippen molar-refractivity contribution in [2.24, 2.45) is 11.8 Å². The number of carbonyl (C=O) groups excluding carboxylic acids is 2. The quantitative estimate of drug-likeness (QED) is 0.103. The Morgan fingerprint density at radius 1 is 0.839 bits per heavy atom. The molecule has 18 nitrogen and oxygen atoms in total. The van der Waals surface area contributed by atoms with Gasteiger partial charge in [-0.1, -0.05) is 0 Å². The van der Waals surface area contributed by atoms with Crippen LogP contribution in [-0.4, -0.2) is 96.7 Å². The van der Waals surface area contributed by atoms with Crippen molar-refractivity contribution in [2.45, 2.75) is 75.0 Å². The fourth-order valence-corrected chi connectivity index (χ4v) is 9.75. The van der Waals surface area contributed by atoms with Crippen LogP contribution in [0.1, 0.15) is 52.4 Å². The van der Waals surface area contributed by atoms with Crippen molar-refractivity contribution in [1.29, 1.82) is 0 Å². The number of anilines is 2. The molecule has 2 aliphatic heterocycles. The van der Waals surface area contributed by atoms with Crippen molar-refractivity contribution in [3.63, 3.8) is 0 Å². The summed E-state index contributed by atoms with van der Waals surface area (Å²) in [7, 11) is 0. The van der Waals surface area contributed by atoms with Crippen LogP contribution < -0.4 is 11.5 Å². The molecule has 2 fully saturated rings. The highest BCUT2D eigenvalue weighted by Crippen LogP contribution is 2.37. The zero-order valence-electron chi connectivity index (χ0n) is 30.9. The molecule has 0 bridgehead atoms. The third kappa shape index (κ3) is 8.68. The first-order chi connectivity index (χ1) is 26.9. The van der Waals surface area contributed by atoms with E-state index in [0.717, 1.165) is 90.7 Å². The summed E-state index contributed by atoms with van der Waals surface area (Å²) >= 11 is 6.32. The fourth-order valence-electron chi connectivity index (χ4n) is 7.17. The molecule has 6 aromatic rings. The summed E-state index contributed by atoms with van der Waals surface area (Å²) in [6, 6.07) is 4.68. The van der Waals surface area contributed by atoms with Gasteiger partial charge < -0.3 is 30.4 Å². The topological polar surface area (TPSA) is 236 Å². The van der Waals surface area contributed by atoms with Crippen molar-refractivity contribution in [1.82, 2.24) is 53.8 Å². The van der Waals surface area contributed by atoms with Crippen LogP contribution in [0, 0.1) is 22.0 Å². The molecule has 0 spiro atoms. The van der Waals surface area contributed by atoms with E-state index in [4.69, 9.17) is 16.5 Å². The predicted molar refractivity (Wildman–Crippen MR) is 217 cm³/mol. The Labute approximate surface area is 337 Å². The van der Waals surface area contributed by atoms with Gasteiger partial charge in [0.05, 0.1) is 15.1 Å². The number of piperidine rings is 2. The summed E-state index contributed by atoms with van der Waals surface area (Å²) in [6.07, 6.45) is 8.94. The molecule has 8 rings (SSSR count). The van der Waals surface area contributed by atoms with Gasteiger partial charge in [0, 0.05) is 65.2 Å². The van der Waals surface area contributed by atoms with Crippen molar-refractivity contribution in [3.05, 3.63) is 45.7 Å². The number of nitro groups is 1. The number of hydrogen-bond donors (Lipinski definition) is 2. The second kappa shape index (κ2) is 17.0. The number of nitrogens with zero attached hydrogens (tertiary/aromatic N) is 12. The number of halogens is 1. The number of thiazole rings is 1. The maximum atomic E-state index is 11.6. The number of nitrogens with two attached hydrogens (primary N) is 2. The van der Waals surface area contributed by atoms with Gasteiger partial charge in [0.2, 0.25) is 11.8 Å². The monoisotopic (exact) mass is 864 g/mol. The van der Waals surface area contributed by atoms with E-state index in [1.54, 1.807) is 19.9 Å². The average molecular weight is 866 g/mol. The number of rotatable bonds is 9. The summed E-state index contributed by atoms with van der Waals surface area (Å²) < 4.78 is 6.41. The maximum Gasteiger partial charge on any atom is 0.271 e. The first-order valence-corrected chi connectivity index (χ1v) is 20.7. The Morgan fingerprint density at radius 3 is 1.93 bits per heavy atom. The van der Waals surface area contributed by atoms with Crippen LogP contribution in [-0.2, 0) is 22.7 Å². The highest BCUT2D eigenvalue weighted by atomic mass is 79.9. The zero-order chi connectivity index (χ0) is 39.5. The molecule has 0 atom stereocenters. The van der Waals surface area contributed by atoms with Crippen LogP contribution >= 0.6 is 39.0 Å². The molecule has 1 aromatic carbocycles. The van der Waals surface area contributed by atoms with Crippen molar-refractivity contribution in [2.75, 3.05) is 37.6 Å². The first kappa shape index (κ1) is 39.2. The number of nitro benzene ring substituents is 1. The molecule has 294 valence electrons. The van der Waals surface area contributed by atoms with E-state index in [0.29, 0.717) is 57.4 Å². The summed E-state index contributed by atoms with van der Waals surface area (Å²) in [5.41, 5.74) is 15.1. The molecule has 2 saturated heterocycles. The van der Waals surface area contributed by atoms with E-state index in [1.807, 2.05) is 18.9 Å². The number of imidazole rings is 2. The SMILES string of the molecule is CC(=O)N1CCC(CCn2c(Br)nc3c(N)ncnc32)CC1.CC(=O)N1CCC(CCn2c(Sc3nc4cc([N+](=O)[O-])ccc4s3)nc3c(N)ncnc32)CC1. The van der Waals surface area contributed by atoms with E-state index in [1.165, 1.54) is 47.9 Å². The molecule has 4 N–H and O–H groups in total. The number of non-ortho nitro benzene ring substituents is 1. The van der Waals surface area contributed by atoms with E-state index < -0.39 is 4.92 Å². The van der Waals surface area contributed by atoms with E-state index in [9.17, 15) is 19.7 Å². The molecule has 21 heteroatoms. The second-order valence-corrected chi connectivity index (χ2v) is 16.9. The summed E-state index contributed by atoms with van der Waals surface area (Å²) in [4.78, 5) is 67.9. The Balaban J connectivity index is 0.000000189. The largest absolute Gasteiger partial charge is 0.382 e. The number of fused-ring (bicyclic) bond motifs is 3. The van der Waals surface area contributed by atoms with Crippen LogP contribution in [0.4, 0.5) is 17.3 Å². The van der Waals surface area contributed by atoms with Gasteiger partial charge in [-0.25, -0.2) is 34.9 Å². The minimum atomic E-state index is -0.423. The number of benzene rings is 1. The minimum absolute atomic E-state index is 0.0143. The normalized spacial score (nSPS) is 15.4. The first-order valence-electron chi connectivity index (χ1n) is 18.3. The summed E-state index contributed by atoms with van der Waals surface area (Å²) in [6.45, 7) is 8.10. The third-order valence-electron chi connectivity index (χ3n) is 10.4. The van der Waals surface area contributed by atoms with Crippen LogP contribution in [0.25, 0.3) is 32.5 Å². The number of aryl methyl sites for hydroxylation is 2. The smallest absolute Gasteiger partial charge is 0.271 e. The highest BCUT2D eigenvalue weighted by molar-refractivity contribution is 9.10. The zero-order valence-corrected chi connectivity index (χ0v) is 34.1. The molecule has 2 amide bonds. The maximum absolute atomic E-state index is 11.6. The number of nitrogen functional groups attached to an aromatic ring is 2. The summed E-state index contributed by atoms with van der Waals surface area (Å²) in [5.74, 6) is 2.16. The number of carbonyl (C=O) groups is 2. The van der Waals surface area contributed by atoms with Crippen LogP contribution in [0.5, 0.6) is 0 Å². The Bertz CT molecular complexity index is 2400. The minimum Gasteiger partial charge on any atom is -0.382 e. The average Bonchev–Trinajstić information content (AvgIpc) is 3.86. The van der Waals surface area contributed by atoms with Gasteiger partial charge in [0.1, 0.15) is 12.7 Å². The van der Waals surface area contributed by atoms with E-state index in [2.05, 4.69) is 45.8 Å². The number of hydrogen-bond acceptors (Lipinski definition) is 15. The van der Waals surface area contributed by atoms with Crippen molar-refractivity contribution in [3.8, 4) is 0 Å². The van der Waals surface area contributed by atoms with E-state index >= 15 is 0 Å². The van der Waals surface area contributed by atoms with Gasteiger partial charge in [-0.2, -0.15) is 0 Å². The second-order valence-electron chi connectivity index (χ2n) is 13.9. The van der Waals surface area contributed by atoms with Crippen LogP contribution in [0.3, 0.4) is 0 Å². The molecule has 0 unspecified atom stereocenters. The van der Waals surface area contributed by atoms with Crippen LogP contribution in [0.2, 0.25) is 0 Å². The van der Waals surface area contributed by atoms with Gasteiger partial charge in [-0.05, 0) is 84.1 Å². The summed E-state index contributed by atoms with van der Waals surface area (Å²) in [5, 5.41) is 11.8. The predicted octanol–water partition coefficient (Wildman–Crippen LogP) is 5.55. The molecule has 56 heavy (non-hydrogen) atoms. The molecular formula is C35H41BrN14O4S2. The van der Waals surface area contributed by atoms with Gasteiger partial charge in [0.25, 0.3) is 5.69 Å². The Kier molecular flexibility index (Phi) is 11.9. The van der Waals surface area contributed by atoms with Crippen molar-refractivity contribution < 1.29 is 14.5 Å². The van der Waals surface area contributed by atoms with Crippen molar-refractivity contribution >= 4 is 101 Å². The Hall–Kier alpha value is -5.02. The fraction of sp³-hybridized carbons (Fsp3) is 0.457. The lowest BCUT2D eigenvalue weighted by molar-refractivity contribution is -0.384. The number of aromatic nitrogens is 9. The molecular weight excluding hydrogens is 825 g/mol. The third-order valence-corrected chi connectivity index (χ3v) is 13.1. The van der Waals surface area contributed by atoms with Gasteiger partial charge in [-0.15, -0.1) is 11.3 Å². The van der Waals surface area contributed by atoms with Gasteiger partial charge in [0.15, 0.2) is 48.2 Å². The highest BCUT2D eigenvalue weighted by Gasteiger charge is 2.24. The molecule has 0 radical (unpaired) electrons.